The predicted molar refractivity (Wildman–Crippen MR) is 145 cm³/mol. The normalized spacial score (nSPS) is 13.0. The smallest absolute Gasteiger partial charge is 0.329 e. The Balaban J connectivity index is 3.78. The molecule has 0 heterocycles. The van der Waals surface area contributed by atoms with E-state index in [1.165, 1.54) is 70.6 Å². The van der Waals surface area contributed by atoms with Crippen molar-refractivity contribution in [3.8, 4) is 0 Å². The topological polar surface area (TPSA) is 81.4 Å². The van der Waals surface area contributed by atoms with Gasteiger partial charge in [-0.15, -0.1) is 0 Å². The van der Waals surface area contributed by atoms with E-state index in [-0.39, 0.29) is 11.9 Å². The lowest BCUT2D eigenvalue weighted by Crippen LogP contribution is -2.44. The van der Waals surface area contributed by atoms with Crippen LogP contribution < -0.4 is 11.1 Å². The number of carbonyl (C=O) groups excluding carboxylic acids is 2. The van der Waals surface area contributed by atoms with E-state index in [2.05, 4.69) is 26.1 Å². The zero-order chi connectivity index (χ0) is 25.9. The second-order valence-corrected chi connectivity index (χ2v) is 12.2. The van der Waals surface area contributed by atoms with Gasteiger partial charge in [-0.25, -0.2) is 4.79 Å². The Kier molecular flexibility index (Phi) is 18.5. The number of esters is 1. The first-order valence-corrected chi connectivity index (χ1v) is 14.2. The lowest BCUT2D eigenvalue weighted by molar-refractivity contribution is -0.158. The molecule has 0 spiro atoms. The van der Waals surface area contributed by atoms with Crippen LogP contribution in [0.4, 0.5) is 0 Å². The van der Waals surface area contributed by atoms with E-state index in [1.54, 1.807) is 0 Å². The Morgan fingerprint density at radius 1 is 0.706 bits per heavy atom. The summed E-state index contributed by atoms with van der Waals surface area (Å²) >= 11 is 0. The van der Waals surface area contributed by atoms with E-state index >= 15 is 0 Å². The van der Waals surface area contributed by atoms with Crippen molar-refractivity contribution in [2.45, 2.75) is 162 Å². The largest absolute Gasteiger partial charge is 0.458 e. The van der Waals surface area contributed by atoms with Crippen molar-refractivity contribution in [3.63, 3.8) is 0 Å². The second kappa shape index (κ2) is 19.1. The number of carbonyl (C=O) groups is 2. The van der Waals surface area contributed by atoms with Gasteiger partial charge in [-0.1, -0.05) is 91.4 Å². The average Bonchev–Trinajstić information content (AvgIpc) is 2.71. The third-order valence-electron chi connectivity index (χ3n) is 6.05. The number of hydrogen-bond donors (Lipinski definition) is 2. The fourth-order valence-corrected chi connectivity index (χ4v) is 4.09. The summed E-state index contributed by atoms with van der Waals surface area (Å²) in [5.74, 6) is -0.395. The molecule has 1 atom stereocenters. The van der Waals surface area contributed by atoms with Gasteiger partial charge in [0.15, 0.2) is 0 Å². The number of nitrogens with one attached hydrogen (secondary N) is 1. The van der Waals surface area contributed by atoms with Gasteiger partial charge >= 0.3 is 5.97 Å². The third-order valence-corrected chi connectivity index (χ3v) is 6.05. The Hall–Kier alpha value is -1.10. The van der Waals surface area contributed by atoms with Crippen molar-refractivity contribution in [3.05, 3.63) is 0 Å². The SMILES string of the molecule is CC(C)(C)CCCCCCCCCCCCCCC(=O)N[C@@H](CCCCN)C(=O)OC(C)(C)C. The highest BCUT2D eigenvalue weighted by Gasteiger charge is 2.26. The molecule has 0 radical (unpaired) electrons. The standard InChI is InChI=1S/C29H58N2O3/c1-28(2,3)23-19-16-14-12-10-8-7-9-11-13-15-17-22-26(32)31-25(21-18-20-24-30)27(33)34-29(4,5)6/h25H,7-24,30H2,1-6H3,(H,31,32)/t25-/m0/s1. The van der Waals surface area contributed by atoms with Gasteiger partial charge in [-0.05, 0) is 64.8 Å². The molecule has 0 unspecified atom stereocenters. The maximum absolute atomic E-state index is 12.4. The Bertz CT molecular complexity index is 520. The minimum absolute atomic E-state index is 0.0499. The summed E-state index contributed by atoms with van der Waals surface area (Å²) in [5, 5.41) is 2.89. The highest BCUT2D eigenvalue weighted by Crippen LogP contribution is 2.22. The van der Waals surface area contributed by atoms with Gasteiger partial charge in [0.2, 0.25) is 5.91 Å². The second-order valence-electron chi connectivity index (χ2n) is 12.2. The first kappa shape index (κ1) is 32.9. The quantitative estimate of drug-likeness (QED) is 0.139. The van der Waals surface area contributed by atoms with E-state index in [0.717, 1.165) is 25.7 Å². The van der Waals surface area contributed by atoms with Crippen LogP contribution in [0.2, 0.25) is 0 Å². The maximum Gasteiger partial charge on any atom is 0.329 e. The minimum atomic E-state index is -0.572. The van der Waals surface area contributed by atoms with Crippen LogP contribution in [-0.4, -0.2) is 30.1 Å². The van der Waals surface area contributed by atoms with E-state index in [9.17, 15) is 9.59 Å². The summed E-state index contributed by atoms with van der Waals surface area (Å²) in [6, 6.07) is -0.572. The molecule has 5 nitrogen and oxygen atoms in total. The third kappa shape index (κ3) is 22.7. The van der Waals surface area contributed by atoms with Crippen LogP contribution in [0.15, 0.2) is 0 Å². The van der Waals surface area contributed by atoms with E-state index in [1.807, 2.05) is 20.8 Å². The van der Waals surface area contributed by atoms with Crippen LogP contribution in [-0.2, 0) is 14.3 Å². The van der Waals surface area contributed by atoms with Crippen LogP contribution >= 0.6 is 0 Å². The molecule has 0 aliphatic heterocycles. The average molecular weight is 483 g/mol. The number of ether oxygens (including phenoxy) is 1. The van der Waals surface area contributed by atoms with Crippen molar-refractivity contribution in [2.24, 2.45) is 11.1 Å². The number of hydrogen-bond acceptors (Lipinski definition) is 4. The highest BCUT2D eigenvalue weighted by atomic mass is 16.6. The summed E-state index contributed by atoms with van der Waals surface area (Å²) in [7, 11) is 0. The minimum Gasteiger partial charge on any atom is -0.458 e. The Labute approximate surface area is 211 Å². The zero-order valence-corrected chi connectivity index (χ0v) is 23.6. The summed E-state index contributed by atoms with van der Waals surface area (Å²) in [6.07, 6.45) is 19.3. The van der Waals surface area contributed by atoms with Gasteiger partial charge < -0.3 is 15.8 Å². The molecule has 3 N–H and O–H groups in total. The van der Waals surface area contributed by atoms with Crippen molar-refractivity contribution < 1.29 is 14.3 Å². The molecule has 0 aromatic heterocycles. The first-order chi connectivity index (χ1) is 15.9. The summed E-state index contributed by atoms with van der Waals surface area (Å²) < 4.78 is 5.48. The van der Waals surface area contributed by atoms with Gasteiger partial charge in [-0.2, -0.15) is 0 Å². The van der Waals surface area contributed by atoms with Crippen molar-refractivity contribution >= 4 is 11.9 Å². The molecule has 0 rings (SSSR count). The molecule has 0 saturated carbocycles. The van der Waals surface area contributed by atoms with Gasteiger partial charge in [0.1, 0.15) is 11.6 Å². The molecule has 202 valence electrons. The summed E-state index contributed by atoms with van der Waals surface area (Å²) in [6.45, 7) is 13.1. The van der Waals surface area contributed by atoms with Crippen LogP contribution in [0.3, 0.4) is 0 Å². The molecule has 0 bridgehead atoms. The number of rotatable bonds is 20. The molecule has 1 amide bonds. The molecule has 0 aromatic carbocycles. The highest BCUT2D eigenvalue weighted by molar-refractivity contribution is 5.84. The molecule has 0 aliphatic carbocycles. The maximum atomic E-state index is 12.4. The lowest BCUT2D eigenvalue weighted by atomic mass is 9.89. The number of amides is 1. The number of nitrogens with two attached hydrogens (primary N) is 1. The van der Waals surface area contributed by atoms with Crippen LogP contribution in [0.25, 0.3) is 0 Å². The van der Waals surface area contributed by atoms with Gasteiger partial charge in [0, 0.05) is 6.42 Å². The molecule has 34 heavy (non-hydrogen) atoms. The predicted octanol–water partition coefficient (Wildman–Crippen LogP) is 7.45. The van der Waals surface area contributed by atoms with Crippen LogP contribution in [0.1, 0.15) is 151 Å². The molecule has 0 saturated heterocycles. The van der Waals surface area contributed by atoms with Crippen molar-refractivity contribution in [1.82, 2.24) is 5.32 Å². The molecular weight excluding hydrogens is 424 g/mol. The molecule has 0 aromatic rings. The molecule has 0 fully saturated rings. The number of unbranched alkanes of at least 4 members (excludes halogenated alkanes) is 12. The van der Waals surface area contributed by atoms with E-state index in [4.69, 9.17) is 10.5 Å². The Morgan fingerprint density at radius 2 is 1.18 bits per heavy atom. The lowest BCUT2D eigenvalue weighted by Gasteiger charge is -2.24. The fourth-order valence-electron chi connectivity index (χ4n) is 4.09. The first-order valence-electron chi connectivity index (χ1n) is 14.2. The molecular formula is C29H58N2O3. The van der Waals surface area contributed by atoms with Crippen molar-refractivity contribution in [1.29, 1.82) is 0 Å². The zero-order valence-electron chi connectivity index (χ0n) is 23.6. The fraction of sp³-hybridized carbons (Fsp3) is 0.931. The van der Waals surface area contributed by atoms with Gasteiger partial charge in [0.05, 0.1) is 0 Å². The van der Waals surface area contributed by atoms with Crippen molar-refractivity contribution in [2.75, 3.05) is 6.54 Å². The molecule has 5 heteroatoms. The van der Waals surface area contributed by atoms with Gasteiger partial charge in [0.25, 0.3) is 0 Å². The van der Waals surface area contributed by atoms with Crippen LogP contribution in [0, 0.1) is 5.41 Å². The summed E-state index contributed by atoms with van der Waals surface area (Å²) in [5.41, 5.74) is 5.49. The van der Waals surface area contributed by atoms with E-state index in [0.29, 0.717) is 24.8 Å². The Morgan fingerprint density at radius 3 is 1.62 bits per heavy atom. The van der Waals surface area contributed by atoms with E-state index < -0.39 is 11.6 Å². The van der Waals surface area contributed by atoms with Crippen LogP contribution in [0.5, 0.6) is 0 Å². The molecule has 0 aliphatic rings. The monoisotopic (exact) mass is 482 g/mol. The summed E-state index contributed by atoms with van der Waals surface area (Å²) in [4.78, 5) is 24.8. The van der Waals surface area contributed by atoms with Gasteiger partial charge in [-0.3, -0.25) is 4.79 Å².